The van der Waals surface area contributed by atoms with Gasteiger partial charge in [-0.05, 0) is 36.6 Å². The van der Waals surface area contributed by atoms with E-state index in [2.05, 4.69) is 10.6 Å². The molecular formula is C19H20N2O4. The minimum absolute atomic E-state index is 0.456. The Labute approximate surface area is 146 Å². The van der Waals surface area contributed by atoms with Crippen molar-refractivity contribution in [3.8, 4) is 11.5 Å². The molecule has 0 saturated heterocycles. The van der Waals surface area contributed by atoms with Crippen LogP contribution in [0.15, 0.2) is 36.4 Å². The first-order chi connectivity index (χ1) is 12.1. The third-order valence-electron chi connectivity index (χ3n) is 3.98. The molecule has 2 amide bonds. The van der Waals surface area contributed by atoms with Crippen molar-refractivity contribution >= 4 is 23.2 Å². The van der Waals surface area contributed by atoms with E-state index in [4.69, 9.17) is 9.47 Å². The van der Waals surface area contributed by atoms with Gasteiger partial charge in [0.25, 0.3) is 0 Å². The smallest absolute Gasteiger partial charge is 0.314 e. The van der Waals surface area contributed by atoms with Crippen LogP contribution in [-0.2, 0) is 16.0 Å². The molecule has 0 aliphatic carbocycles. The van der Waals surface area contributed by atoms with E-state index in [0.717, 1.165) is 17.5 Å². The second-order valence-electron chi connectivity index (χ2n) is 5.73. The van der Waals surface area contributed by atoms with Crippen molar-refractivity contribution in [3.05, 3.63) is 47.5 Å². The summed E-state index contributed by atoms with van der Waals surface area (Å²) < 4.78 is 10.9. The lowest BCUT2D eigenvalue weighted by Crippen LogP contribution is -2.29. The van der Waals surface area contributed by atoms with E-state index < -0.39 is 11.8 Å². The molecule has 0 bridgehead atoms. The second-order valence-corrected chi connectivity index (χ2v) is 5.73. The lowest BCUT2D eigenvalue weighted by Gasteiger charge is -2.19. The maximum Gasteiger partial charge on any atom is 0.314 e. The fraction of sp³-hybridized carbons (Fsp3) is 0.263. The molecule has 25 heavy (non-hydrogen) atoms. The maximum absolute atomic E-state index is 12.2. The van der Waals surface area contributed by atoms with Crippen LogP contribution in [0, 0.1) is 6.92 Å². The Balaban J connectivity index is 1.70. The first-order valence-electron chi connectivity index (χ1n) is 8.19. The van der Waals surface area contributed by atoms with Crippen molar-refractivity contribution in [2.24, 2.45) is 0 Å². The average molecular weight is 340 g/mol. The van der Waals surface area contributed by atoms with E-state index >= 15 is 0 Å². The zero-order valence-electron chi connectivity index (χ0n) is 14.2. The molecule has 1 aliphatic heterocycles. The monoisotopic (exact) mass is 340 g/mol. The molecule has 0 radical (unpaired) electrons. The number of carbonyl (C=O) groups excluding carboxylic acids is 2. The molecule has 6 heteroatoms. The zero-order valence-corrected chi connectivity index (χ0v) is 14.2. The van der Waals surface area contributed by atoms with Gasteiger partial charge in [0.05, 0.1) is 0 Å². The molecule has 2 aromatic carbocycles. The highest BCUT2D eigenvalue weighted by atomic mass is 16.6. The van der Waals surface area contributed by atoms with E-state index in [-0.39, 0.29) is 0 Å². The summed E-state index contributed by atoms with van der Waals surface area (Å²) >= 11 is 0. The molecule has 0 spiro atoms. The predicted molar refractivity (Wildman–Crippen MR) is 95.2 cm³/mol. The quantitative estimate of drug-likeness (QED) is 0.843. The van der Waals surface area contributed by atoms with E-state index in [1.165, 1.54) is 0 Å². The molecule has 3 rings (SSSR count). The number of nitrogens with one attached hydrogen (secondary N) is 2. The molecule has 2 aromatic rings. The topological polar surface area (TPSA) is 76.7 Å². The number of hydrogen-bond donors (Lipinski definition) is 2. The number of benzene rings is 2. The summed E-state index contributed by atoms with van der Waals surface area (Å²) in [6, 6.07) is 10.8. The van der Waals surface area contributed by atoms with E-state index in [9.17, 15) is 9.59 Å². The number of anilines is 2. The largest absolute Gasteiger partial charge is 0.486 e. The summed E-state index contributed by atoms with van der Waals surface area (Å²) in [7, 11) is 0. The highest BCUT2D eigenvalue weighted by molar-refractivity contribution is 6.43. The Morgan fingerprint density at radius 3 is 2.48 bits per heavy atom. The Hall–Kier alpha value is -3.02. The van der Waals surface area contributed by atoms with Gasteiger partial charge in [-0.25, -0.2) is 0 Å². The Morgan fingerprint density at radius 1 is 1.00 bits per heavy atom. The molecular weight excluding hydrogens is 320 g/mol. The van der Waals surface area contributed by atoms with Gasteiger partial charge in [-0.1, -0.05) is 25.1 Å². The molecule has 0 unspecified atom stereocenters. The maximum atomic E-state index is 12.2. The summed E-state index contributed by atoms with van der Waals surface area (Å²) in [5.74, 6) is -0.265. The van der Waals surface area contributed by atoms with Crippen LogP contribution in [0.3, 0.4) is 0 Å². The van der Waals surface area contributed by atoms with Crippen LogP contribution < -0.4 is 20.1 Å². The highest BCUT2D eigenvalue weighted by Crippen LogP contribution is 2.32. The van der Waals surface area contributed by atoms with Gasteiger partial charge in [-0.2, -0.15) is 0 Å². The SMILES string of the molecule is CCc1cccc(C)c1NC(=O)C(=O)Nc1ccc2c(c1)OCCO2. The molecule has 0 aromatic heterocycles. The minimum Gasteiger partial charge on any atom is -0.486 e. The molecule has 1 heterocycles. The van der Waals surface area contributed by atoms with E-state index in [1.54, 1.807) is 18.2 Å². The van der Waals surface area contributed by atoms with Gasteiger partial charge in [-0.15, -0.1) is 0 Å². The number of para-hydroxylation sites is 1. The van der Waals surface area contributed by atoms with Crippen LogP contribution >= 0.6 is 0 Å². The standard InChI is InChI=1S/C19H20N2O4/c1-3-13-6-4-5-12(2)17(13)21-19(23)18(22)20-14-7-8-15-16(11-14)25-10-9-24-15/h4-8,11H,3,9-10H2,1-2H3,(H,20,22)(H,21,23). The zero-order chi connectivity index (χ0) is 17.8. The first kappa shape index (κ1) is 16.8. The van der Waals surface area contributed by atoms with Crippen molar-refractivity contribution in [3.63, 3.8) is 0 Å². The van der Waals surface area contributed by atoms with Gasteiger partial charge in [0.15, 0.2) is 11.5 Å². The first-order valence-corrected chi connectivity index (χ1v) is 8.19. The predicted octanol–water partition coefficient (Wildman–Crippen LogP) is 2.91. The number of fused-ring (bicyclic) bond motifs is 1. The number of aryl methyl sites for hydroxylation is 2. The van der Waals surface area contributed by atoms with Crippen molar-refractivity contribution in [1.82, 2.24) is 0 Å². The number of hydrogen-bond acceptors (Lipinski definition) is 4. The normalized spacial score (nSPS) is 12.4. The van der Waals surface area contributed by atoms with Gasteiger partial charge in [-0.3, -0.25) is 9.59 Å². The molecule has 0 atom stereocenters. The fourth-order valence-electron chi connectivity index (χ4n) is 2.68. The third kappa shape index (κ3) is 3.74. The molecule has 130 valence electrons. The van der Waals surface area contributed by atoms with Gasteiger partial charge in [0.1, 0.15) is 13.2 Å². The number of ether oxygens (including phenoxy) is 2. The molecule has 2 N–H and O–H groups in total. The Bertz CT molecular complexity index is 817. The van der Waals surface area contributed by atoms with Crippen LogP contribution in [0.1, 0.15) is 18.1 Å². The van der Waals surface area contributed by atoms with Crippen LogP contribution in [0.4, 0.5) is 11.4 Å². The number of carbonyl (C=O) groups is 2. The van der Waals surface area contributed by atoms with Crippen LogP contribution in [0.2, 0.25) is 0 Å². The molecule has 0 fully saturated rings. The average Bonchev–Trinajstić information content (AvgIpc) is 2.63. The van der Waals surface area contributed by atoms with Crippen molar-refractivity contribution in [2.75, 3.05) is 23.8 Å². The lowest BCUT2D eigenvalue weighted by atomic mass is 10.1. The van der Waals surface area contributed by atoms with Gasteiger partial charge in [0.2, 0.25) is 0 Å². The van der Waals surface area contributed by atoms with Crippen LogP contribution in [0.25, 0.3) is 0 Å². The molecule has 6 nitrogen and oxygen atoms in total. The van der Waals surface area contributed by atoms with Gasteiger partial charge >= 0.3 is 11.8 Å². The minimum atomic E-state index is -0.734. The van der Waals surface area contributed by atoms with Crippen molar-refractivity contribution in [2.45, 2.75) is 20.3 Å². The summed E-state index contributed by atoms with van der Waals surface area (Å²) in [6.07, 6.45) is 0.765. The van der Waals surface area contributed by atoms with Crippen LogP contribution in [-0.4, -0.2) is 25.0 Å². The summed E-state index contributed by atoms with van der Waals surface area (Å²) in [4.78, 5) is 24.4. The van der Waals surface area contributed by atoms with Crippen molar-refractivity contribution in [1.29, 1.82) is 0 Å². The fourth-order valence-corrected chi connectivity index (χ4v) is 2.68. The lowest BCUT2D eigenvalue weighted by molar-refractivity contribution is -0.133. The van der Waals surface area contributed by atoms with Gasteiger partial charge < -0.3 is 20.1 Å². The Kier molecular flexibility index (Phi) is 4.88. The Morgan fingerprint density at radius 2 is 1.72 bits per heavy atom. The number of amides is 2. The highest BCUT2D eigenvalue weighted by Gasteiger charge is 2.18. The third-order valence-corrected chi connectivity index (χ3v) is 3.98. The summed E-state index contributed by atoms with van der Waals surface area (Å²) in [5.41, 5.74) is 3.07. The van der Waals surface area contributed by atoms with E-state index in [1.807, 2.05) is 32.0 Å². The number of rotatable bonds is 3. The van der Waals surface area contributed by atoms with Crippen molar-refractivity contribution < 1.29 is 19.1 Å². The molecule has 1 aliphatic rings. The second kappa shape index (κ2) is 7.25. The summed E-state index contributed by atoms with van der Waals surface area (Å²) in [5, 5.41) is 5.29. The van der Waals surface area contributed by atoms with Gasteiger partial charge in [0, 0.05) is 17.4 Å². The molecule has 0 saturated carbocycles. The summed E-state index contributed by atoms with van der Waals surface area (Å²) in [6.45, 7) is 4.85. The van der Waals surface area contributed by atoms with E-state index in [0.29, 0.717) is 36.1 Å². The van der Waals surface area contributed by atoms with Crippen LogP contribution in [0.5, 0.6) is 11.5 Å².